The predicted octanol–water partition coefficient (Wildman–Crippen LogP) is 1.71. The van der Waals surface area contributed by atoms with E-state index in [9.17, 15) is 5.11 Å². The number of hydrogen-bond acceptors (Lipinski definition) is 6. The molecule has 7 heteroatoms. The van der Waals surface area contributed by atoms with Crippen molar-refractivity contribution in [2.24, 2.45) is 0 Å². The van der Waals surface area contributed by atoms with Gasteiger partial charge in [-0.25, -0.2) is 14.6 Å². The van der Waals surface area contributed by atoms with E-state index in [0.29, 0.717) is 5.82 Å². The standard InChI is InChI=1S/C16H18N6O/c17-15-13-14(10-3-5-12(23)6-4-10)21-22(16(13)20-9-19-15)11-2-1-7-18-8-11/h3-6,9,11,18,23H,1-2,7-8H2,(H2,17,19,20)/t11-/m1/s1. The number of fused-ring (bicyclic) bond motifs is 1. The van der Waals surface area contributed by atoms with E-state index in [1.165, 1.54) is 6.33 Å². The molecular weight excluding hydrogens is 292 g/mol. The van der Waals surface area contributed by atoms with Crippen LogP contribution in [0.25, 0.3) is 22.3 Å². The van der Waals surface area contributed by atoms with E-state index in [0.717, 1.165) is 48.2 Å². The van der Waals surface area contributed by atoms with Crippen LogP contribution in [0.15, 0.2) is 30.6 Å². The van der Waals surface area contributed by atoms with Crippen molar-refractivity contribution in [2.75, 3.05) is 18.8 Å². The molecule has 2 aromatic heterocycles. The van der Waals surface area contributed by atoms with Gasteiger partial charge in [0.25, 0.3) is 0 Å². The van der Waals surface area contributed by atoms with Crippen LogP contribution in [0.5, 0.6) is 5.75 Å². The fraction of sp³-hybridized carbons (Fsp3) is 0.312. The molecule has 118 valence electrons. The van der Waals surface area contributed by atoms with Crippen molar-refractivity contribution in [3.63, 3.8) is 0 Å². The number of nitrogen functional groups attached to an aromatic ring is 1. The number of piperidine rings is 1. The van der Waals surface area contributed by atoms with Crippen LogP contribution < -0.4 is 11.1 Å². The Morgan fingerprint density at radius 2 is 2.04 bits per heavy atom. The van der Waals surface area contributed by atoms with Gasteiger partial charge >= 0.3 is 0 Å². The number of phenolic OH excluding ortho intramolecular Hbond substituents is 1. The molecule has 0 saturated carbocycles. The predicted molar refractivity (Wildman–Crippen MR) is 88.0 cm³/mol. The van der Waals surface area contributed by atoms with Gasteiger partial charge in [-0.2, -0.15) is 5.10 Å². The number of aromatic hydroxyl groups is 1. The third-order valence-electron chi connectivity index (χ3n) is 4.28. The maximum absolute atomic E-state index is 9.50. The lowest BCUT2D eigenvalue weighted by molar-refractivity contribution is 0.354. The van der Waals surface area contributed by atoms with Crippen molar-refractivity contribution in [3.8, 4) is 17.0 Å². The Morgan fingerprint density at radius 3 is 2.78 bits per heavy atom. The Bertz CT molecular complexity index is 836. The quantitative estimate of drug-likeness (QED) is 0.666. The first-order chi connectivity index (χ1) is 11.2. The second kappa shape index (κ2) is 5.51. The van der Waals surface area contributed by atoms with Crippen LogP contribution in [-0.2, 0) is 0 Å². The summed E-state index contributed by atoms with van der Waals surface area (Å²) in [7, 11) is 0. The van der Waals surface area contributed by atoms with Crippen molar-refractivity contribution >= 4 is 16.9 Å². The van der Waals surface area contributed by atoms with E-state index in [-0.39, 0.29) is 11.8 Å². The third kappa shape index (κ3) is 2.39. The maximum atomic E-state index is 9.50. The minimum absolute atomic E-state index is 0.221. The monoisotopic (exact) mass is 310 g/mol. The fourth-order valence-corrected chi connectivity index (χ4v) is 3.11. The first kappa shape index (κ1) is 14.0. The van der Waals surface area contributed by atoms with Crippen LogP contribution in [0.3, 0.4) is 0 Å². The minimum Gasteiger partial charge on any atom is -0.508 e. The smallest absolute Gasteiger partial charge is 0.164 e. The van der Waals surface area contributed by atoms with E-state index < -0.39 is 0 Å². The molecule has 1 aliphatic heterocycles. The first-order valence-corrected chi connectivity index (χ1v) is 7.73. The highest BCUT2D eigenvalue weighted by molar-refractivity contribution is 5.98. The number of benzene rings is 1. The van der Waals surface area contributed by atoms with Crippen molar-refractivity contribution in [3.05, 3.63) is 30.6 Å². The first-order valence-electron chi connectivity index (χ1n) is 7.73. The second-order valence-corrected chi connectivity index (χ2v) is 5.80. The summed E-state index contributed by atoms with van der Waals surface area (Å²) in [6.45, 7) is 1.91. The van der Waals surface area contributed by atoms with Gasteiger partial charge in [-0.05, 0) is 43.7 Å². The van der Waals surface area contributed by atoms with Gasteiger partial charge in [0.15, 0.2) is 5.65 Å². The molecule has 7 nitrogen and oxygen atoms in total. The van der Waals surface area contributed by atoms with Gasteiger partial charge in [0.05, 0.1) is 11.4 Å². The van der Waals surface area contributed by atoms with Crippen molar-refractivity contribution < 1.29 is 5.11 Å². The molecule has 0 aliphatic carbocycles. The van der Waals surface area contributed by atoms with Gasteiger partial charge in [0, 0.05) is 12.1 Å². The molecule has 1 saturated heterocycles. The Kier molecular flexibility index (Phi) is 3.34. The zero-order valence-electron chi connectivity index (χ0n) is 12.6. The summed E-state index contributed by atoms with van der Waals surface area (Å²) in [5.41, 5.74) is 8.50. The molecule has 3 heterocycles. The van der Waals surface area contributed by atoms with Crippen molar-refractivity contribution in [1.82, 2.24) is 25.1 Å². The average Bonchev–Trinajstić information content (AvgIpc) is 2.97. The highest BCUT2D eigenvalue weighted by Gasteiger charge is 2.23. The minimum atomic E-state index is 0.221. The van der Waals surface area contributed by atoms with Crippen LogP contribution >= 0.6 is 0 Å². The zero-order chi connectivity index (χ0) is 15.8. The Morgan fingerprint density at radius 1 is 1.22 bits per heavy atom. The molecule has 4 rings (SSSR count). The van der Waals surface area contributed by atoms with Gasteiger partial charge in [0.2, 0.25) is 0 Å². The lowest BCUT2D eigenvalue weighted by Crippen LogP contribution is -2.32. The number of anilines is 1. The lowest BCUT2D eigenvalue weighted by Gasteiger charge is -2.23. The van der Waals surface area contributed by atoms with Crippen molar-refractivity contribution in [1.29, 1.82) is 0 Å². The maximum Gasteiger partial charge on any atom is 0.164 e. The van der Waals surface area contributed by atoms with Crippen LogP contribution in [-0.4, -0.2) is 37.9 Å². The van der Waals surface area contributed by atoms with Crippen molar-refractivity contribution in [2.45, 2.75) is 18.9 Å². The molecule has 0 radical (unpaired) electrons. The third-order valence-corrected chi connectivity index (χ3v) is 4.28. The van der Waals surface area contributed by atoms with Gasteiger partial charge in [0.1, 0.15) is 23.6 Å². The molecule has 0 bridgehead atoms. The lowest BCUT2D eigenvalue weighted by atomic mass is 10.1. The number of phenols is 1. The molecule has 1 aromatic carbocycles. The molecule has 0 unspecified atom stereocenters. The molecule has 1 aliphatic rings. The topological polar surface area (TPSA) is 102 Å². The average molecular weight is 310 g/mol. The van der Waals surface area contributed by atoms with E-state index >= 15 is 0 Å². The summed E-state index contributed by atoms with van der Waals surface area (Å²) in [6, 6.07) is 7.19. The molecule has 0 amide bonds. The Balaban J connectivity index is 1.91. The highest BCUT2D eigenvalue weighted by atomic mass is 16.3. The summed E-state index contributed by atoms with van der Waals surface area (Å²) in [6.07, 6.45) is 3.65. The Labute approximate surface area is 133 Å². The van der Waals surface area contributed by atoms with E-state index in [4.69, 9.17) is 10.8 Å². The van der Waals surface area contributed by atoms with E-state index in [2.05, 4.69) is 15.3 Å². The zero-order valence-corrected chi connectivity index (χ0v) is 12.6. The summed E-state index contributed by atoms with van der Waals surface area (Å²) in [4.78, 5) is 8.53. The second-order valence-electron chi connectivity index (χ2n) is 5.80. The molecule has 4 N–H and O–H groups in total. The molecule has 1 fully saturated rings. The van der Waals surface area contributed by atoms with Gasteiger partial charge < -0.3 is 16.2 Å². The summed E-state index contributed by atoms with van der Waals surface area (Å²) >= 11 is 0. The van der Waals surface area contributed by atoms with E-state index in [1.807, 2.05) is 16.8 Å². The molecular formula is C16H18N6O. The van der Waals surface area contributed by atoms with E-state index in [1.54, 1.807) is 12.1 Å². The van der Waals surface area contributed by atoms with Gasteiger partial charge in [-0.15, -0.1) is 0 Å². The molecule has 3 aromatic rings. The number of aromatic nitrogens is 4. The highest BCUT2D eigenvalue weighted by Crippen LogP contribution is 2.33. The largest absolute Gasteiger partial charge is 0.508 e. The fourth-order valence-electron chi connectivity index (χ4n) is 3.11. The molecule has 0 spiro atoms. The van der Waals surface area contributed by atoms with Gasteiger partial charge in [-0.3, -0.25) is 0 Å². The number of nitrogens with zero attached hydrogens (tertiary/aromatic N) is 4. The van der Waals surface area contributed by atoms with Gasteiger partial charge in [-0.1, -0.05) is 0 Å². The number of rotatable bonds is 2. The van der Waals surface area contributed by atoms with Crippen LogP contribution in [0.4, 0.5) is 5.82 Å². The summed E-state index contributed by atoms with van der Waals surface area (Å²) in [5, 5.41) is 18.5. The molecule has 23 heavy (non-hydrogen) atoms. The van der Waals surface area contributed by atoms with Crippen LogP contribution in [0.1, 0.15) is 18.9 Å². The summed E-state index contributed by atoms with van der Waals surface area (Å²) < 4.78 is 1.96. The Hall–Kier alpha value is -2.67. The number of nitrogens with two attached hydrogens (primary N) is 1. The molecule has 1 atom stereocenters. The SMILES string of the molecule is Nc1ncnc2c1c(-c1ccc(O)cc1)nn2[C@@H]1CCCNC1. The van der Waals surface area contributed by atoms with Crippen LogP contribution in [0.2, 0.25) is 0 Å². The number of hydrogen-bond donors (Lipinski definition) is 3. The summed E-state index contributed by atoms with van der Waals surface area (Å²) in [5.74, 6) is 0.645. The normalized spacial score (nSPS) is 18.3. The van der Waals surface area contributed by atoms with Crippen LogP contribution in [0, 0.1) is 0 Å². The number of nitrogens with one attached hydrogen (secondary N) is 1.